The first-order valence-electron chi connectivity index (χ1n) is 9.85. The summed E-state index contributed by atoms with van der Waals surface area (Å²) in [5, 5.41) is 13.3. The van der Waals surface area contributed by atoms with Crippen LogP contribution in [0.5, 0.6) is 5.75 Å². The summed E-state index contributed by atoms with van der Waals surface area (Å²) < 4.78 is 34.5. The Morgan fingerprint density at radius 2 is 2.00 bits per heavy atom. The Morgan fingerprint density at radius 3 is 2.78 bits per heavy atom. The van der Waals surface area contributed by atoms with Crippen LogP contribution in [0, 0.1) is 12.7 Å². The number of ether oxygens (including phenoxy) is 1. The quantitative estimate of drug-likeness (QED) is 0.416. The van der Waals surface area contributed by atoms with Gasteiger partial charge in [0.15, 0.2) is 0 Å². The lowest BCUT2D eigenvalue weighted by molar-refractivity contribution is 0.0692. The topological polar surface area (TPSA) is 89.3 Å². The molecule has 0 saturated heterocycles. The van der Waals surface area contributed by atoms with Crippen LogP contribution in [0.1, 0.15) is 16.1 Å². The van der Waals surface area contributed by atoms with Gasteiger partial charge in [-0.15, -0.1) is 0 Å². The van der Waals surface area contributed by atoms with Crippen LogP contribution in [0.4, 0.5) is 14.6 Å². The number of carboxylic acids is 1. The molecule has 9 heteroatoms. The summed E-state index contributed by atoms with van der Waals surface area (Å²) in [6.07, 6.45) is 1.29. The average Bonchev–Trinajstić information content (AvgIpc) is 3.10. The van der Waals surface area contributed by atoms with Crippen LogP contribution >= 0.6 is 0 Å². The average molecular weight is 438 g/mol. The van der Waals surface area contributed by atoms with Crippen molar-refractivity contribution >= 4 is 22.7 Å². The number of nitrogens with zero attached hydrogens (tertiary/aromatic N) is 3. The molecule has 0 spiro atoms. The molecule has 0 atom stereocenters. The summed E-state index contributed by atoms with van der Waals surface area (Å²) in [5.41, 5.74) is 1.73. The van der Waals surface area contributed by atoms with Crippen LogP contribution in [0.3, 0.4) is 0 Å². The number of carboxylic acid groups (broad SMARTS) is 1. The number of hydrogen-bond donors (Lipinski definition) is 2. The van der Waals surface area contributed by atoms with E-state index in [1.165, 1.54) is 24.5 Å². The number of benzene rings is 2. The SMILES string of the molecule is Cc1cc2cccc(OCF)c2n1CCNc1cc(-c2cccc(C(=O)O)c2F)ncn1. The standard InChI is InChI=1S/C23H20F2N4O3/c1-14-10-15-4-2-7-19(32-12-24)22(15)29(14)9-8-26-20-11-18(27-13-28-20)16-5-3-6-17(21(16)25)23(30)31/h2-7,10-11,13H,8-9,12H2,1H3,(H,30,31)(H,26,27,28). The Labute approximate surface area is 182 Å². The van der Waals surface area contributed by atoms with E-state index in [1.807, 2.05) is 29.7 Å². The molecule has 2 N–H and O–H groups in total. The molecule has 2 heterocycles. The van der Waals surface area contributed by atoms with Crippen molar-refractivity contribution in [3.05, 3.63) is 71.9 Å². The van der Waals surface area contributed by atoms with Gasteiger partial charge in [0, 0.05) is 35.8 Å². The molecular weight excluding hydrogens is 418 g/mol. The van der Waals surface area contributed by atoms with Crippen molar-refractivity contribution in [2.75, 3.05) is 18.7 Å². The fraction of sp³-hybridized carbons (Fsp3) is 0.174. The molecule has 2 aromatic heterocycles. The first kappa shape index (κ1) is 21.2. The zero-order chi connectivity index (χ0) is 22.7. The molecule has 164 valence electrons. The van der Waals surface area contributed by atoms with Gasteiger partial charge in [0.25, 0.3) is 0 Å². The lowest BCUT2D eigenvalue weighted by atomic mass is 10.1. The number of carbonyl (C=O) groups is 1. The normalized spacial score (nSPS) is 11.0. The second kappa shape index (κ2) is 9.01. The third-order valence-electron chi connectivity index (χ3n) is 5.11. The predicted octanol–water partition coefficient (Wildman–Crippen LogP) is 4.66. The number of halogens is 2. The zero-order valence-electron chi connectivity index (χ0n) is 17.2. The van der Waals surface area contributed by atoms with Crippen molar-refractivity contribution in [2.24, 2.45) is 0 Å². The second-order valence-electron chi connectivity index (χ2n) is 7.07. The smallest absolute Gasteiger partial charge is 0.338 e. The van der Waals surface area contributed by atoms with Gasteiger partial charge in [0.2, 0.25) is 6.86 Å². The van der Waals surface area contributed by atoms with Gasteiger partial charge in [-0.3, -0.25) is 0 Å². The molecule has 7 nitrogen and oxygen atoms in total. The maximum atomic E-state index is 14.6. The van der Waals surface area contributed by atoms with Crippen LogP contribution in [-0.4, -0.2) is 39.0 Å². The van der Waals surface area contributed by atoms with Gasteiger partial charge in [-0.2, -0.15) is 0 Å². The second-order valence-corrected chi connectivity index (χ2v) is 7.07. The van der Waals surface area contributed by atoms with Crippen molar-refractivity contribution < 1.29 is 23.4 Å². The monoisotopic (exact) mass is 438 g/mol. The van der Waals surface area contributed by atoms with Crippen LogP contribution < -0.4 is 10.1 Å². The molecule has 0 aliphatic heterocycles. The Bertz CT molecular complexity index is 1290. The van der Waals surface area contributed by atoms with Gasteiger partial charge in [-0.05, 0) is 31.2 Å². The Kier molecular flexibility index (Phi) is 5.98. The third-order valence-corrected chi connectivity index (χ3v) is 5.11. The maximum Gasteiger partial charge on any atom is 0.338 e. The van der Waals surface area contributed by atoms with Gasteiger partial charge < -0.3 is 19.7 Å². The number of aryl methyl sites for hydroxylation is 1. The maximum absolute atomic E-state index is 14.6. The Hall–Kier alpha value is -4.01. The summed E-state index contributed by atoms with van der Waals surface area (Å²) in [6, 6.07) is 13.2. The van der Waals surface area contributed by atoms with E-state index in [9.17, 15) is 13.6 Å². The molecule has 0 aliphatic carbocycles. The van der Waals surface area contributed by atoms with E-state index in [-0.39, 0.29) is 11.3 Å². The number of anilines is 1. The van der Waals surface area contributed by atoms with Crippen LogP contribution in [0.25, 0.3) is 22.2 Å². The summed E-state index contributed by atoms with van der Waals surface area (Å²) >= 11 is 0. The Balaban J connectivity index is 1.54. The molecule has 4 rings (SSSR count). The fourth-order valence-corrected chi connectivity index (χ4v) is 3.68. The minimum atomic E-state index is -1.35. The minimum absolute atomic E-state index is 0.0793. The number of rotatable bonds is 8. The first-order chi connectivity index (χ1) is 15.5. The first-order valence-corrected chi connectivity index (χ1v) is 9.85. The minimum Gasteiger partial charge on any atom is -0.478 e. The lowest BCUT2D eigenvalue weighted by Gasteiger charge is -2.13. The van der Waals surface area contributed by atoms with Gasteiger partial charge in [0.1, 0.15) is 23.7 Å². The Morgan fingerprint density at radius 1 is 1.19 bits per heavy atom. The van der Waals surface area contributed by atoms with Crippen molar-refractivity contribution in [1.29, 1.82) is 0 Å². The number of hydrogen-bond acceptors (Lipinski definition) is 5. The molecule has 0 bridgehead atoms. The number of aromatic nitrogens is 3. The third kappa shape index (κ3) is 4.09. The molecule has 0 saturated carbocycles. The van der Waals surface area contributed by atoms with Crippen LogP contribution in [0.2, 0.25) is 0 Å². The zero-order valence-corrected chi connectivity index (χ0v) is 17.2. The van der Waals surface area contributed by atoms with Crippen molar-refractivity contribution in [3.63, 3.8) is 0 Å². The number of aromatic carboxylic acids is 1. The number of para-hydroxylation sites is 1. The number of alkyl halides is 1. The molecule has 0 unspecified atom stereocenters. The summed E-state index contributed by atoms with van der Waals surface area (Å²) in [7, 11) is 0. The molecular formula is C23H20F2N4O3. The predicted molar refractivity (Wildman–Crippen MR) is 116 cm³/mol. The van der Waals surface area contributed by atoms with Gasteiger partial charge in [-0.1, -0.05) is 18.2 Å². The van der Waals surface area contributed by atoms with Crippen molar-refractivity contribution in [2.45, 2.75) is 13.5 Å². The van der Waals surface area contributed by atoms with Gasteiger partial charge in [0.05, 0.1) is 16.8 Å². The highest BCUT2D eigenvalue weighted by Gasteiger charge is 2.16. The molecule has 0 aliphatic rings. The highest BCUT2D eigenvalue weighted by molar-refractivity contribution is 5.90. The lowest BCUT2D eigenvalue weighted by Crippen LogP contribution is -2.13. The molecule has 32 heavy (non-hydrogen) atoms. The van der Waals surface area contributed by atoms with Gasteiger partial charge >= 0.3 is 5.97 Å². The molecule has 0 fully saturated rings. The van der Waals surface area contributed by atoms with Crippen LogP contribution in [0.15, 0.2) is 54.9 Å². The summed E-state index contributed by atoms with van der Waals surface area (Å²) in [5.74, 6) is -1.26. The highest BCUT2D eigenvalue weighted by Crippen LogP contribution is 2.29. The van der Waals surface area contributed by atoms with Gasteiger partial charge in [-0.25, -0.2) is 23.5 Å². The van der Waals surface area contributed by atoms with E-state index in [1.54, 1.807) is 12.1 Å². The van der Waals surface area contributed by atoms with E-state index in [2.05, 4.69) is 15.3 Å². The number of fused-ring (bicyclic) bond motifs is 1. The largest absolute Gasteiger partial charge is 0.478 e. The highest BCUT2D eigenvalue weighted by atomic mass is 19.1. The van der Waals surface area contributed by atoms with E-state index >= 15 is 0 Å². The van der Waals surface area contributed by atoms with E-state index < -0.39 is 24.2 Å². The summed E-state index contributed by atoms with van der Waals surface area (Å²) in [4.78, 5) is 19.4. The summed E-state index contributed by atoms with van der Waals surface area (Å²) in [6.45, 7) is 2.07. The molecule has 4 aromatic rings. The van der Waals surface area contributed by atoms with Crippen molar-refractivity contribution in [1.82, 2.24) is 14.5 Å². The van der Waals surface area contributed by atoms with E-state index in [0.29, 0.717) is 24.7 Å². The van der Waals surface area contributed by atoms with E-state index in [0.717, 1.165) is 16.6 Å². The molecule has 0 radical (unpaired) electrons. The molecule has 0 amide bonds. The van der Waals surface area contributed by atoms with E-state index in [4.69, 9.17) is 9.84 Å². The fourth-order valence-electron chi connectivity index (χ4n) is 3.68. The van der Waals surface area contributed by atoms with Crippen molar-refractivity contribution in [3.8, 4) is 17.0 Å². The molecule has 2 aromatic carbocycles. The number of nitrogens with one attached hydrogen (secondary N) is 1. The van der Waals surface area contributed by atoms with Crippen LogP contribution in [-0.2, 0) is 6.54 Å².